The third-order valence-corrected chi connectivity index (χ3v) is 2.59. The topological polar surface area (TPSA) is 48.4 Å². The normalized spacial score (nSPS) is 10.1. The molecule has 0 aliphatic rings. The second-order valence-electron chi connectivity index (χ2n) is 3.50. The van der Waals surface area contributed by atoms with E-state index < -0.39 is 11.8 Å². The molecule has 98 valence electrons. The molecule has 0 N–H and O–H groups in total. The molecule has 0 bridgehead atoms. The van der Waals surface area contributed by atoms with Crippen LogP contribution in [0.5, 0.6) is 11.5 Å². The van der Waals surface area contributed by atoms with Crippen molar-refractivity contribution in [1.29, 1.82) is 0 Å². The molecule has 0 aliphatic heterocycles. The Morgan fingerprint density at radius 3 is 2.74 bits per heavy atom. The molecule has 0 fully saturated rings. The Morgan fingerprint density at radius 2 is 2.11 bits per heavy atom. The number of pyridine rings is 1. The van der Waals surface area contributed by atoms with Crippen LogP contribution in [0.3, 0.4) is 0 Å². The minimum absolute atomic E-state index is 0.0795. The molecule has 1 heterocycles. The van der Waals surface area contributed by atoms with Gasteiger partial charge in [-0.1, -0.05) is 17.7 Å². The zero-order chi connectivity index (χ0) is 13.8. The first kappa shape index (κ1) is 13.3. The van der Waals surface area contributed by atoms with Gasteiger partial charge in [-0.15, -0.1) is 0 Å². The molecule has 0 spiro atoms. The summed E-state index contributed by atoms with van der Waals surface area (Å²) < 4.78 is 23.6. The van der Waals surface area contributed by atoms with Crippen LogP contribution in [0.4, 0.5) is 4.39 Å². The van der Waals surface area contributed by atoms with Crippen molar-refractivity contribution < 1.29 is 18.7 Å². The predicted octanol–water partition coefficient (Wildman–Crippen LogP) is 3.10. The van der Waals surface area contributed by atoms with E-state index in [2.05, 4.69) is 4.98 Å². The van der Waals surface area contributed by atoms with Crippen LogP contribution in [0.1, 0.15) is 10.5 Å². The lowest BCUT2D eigenvalue weighted by Gasteiger charge is -2.09. The zero-order valence-electron chi connectivity index (χ0n) is 9.89. The number of halogens is 2. The van der Waals surface area contributed by atoms with E-state index in [1.54, 1.807) is 12.1 Å². The van der Waals surface area contributed by atoms with Gasteiger partial charge in [0.1, 0.15) is 5.69 Å². The Balaban J connectivity index is 2.27. The van der Waals surface area contributed by atoms with Gasteiger partial charge >= 0.3 is 5.97 Å². The first-order valence-electron chi connectivity index (χ1n) is 5.28. The third-order valence-electron chi connectivity index (χ3n) is 2.29. The quantitative estimate of drug-likeness (QED) is 0.641. The largest absolute Gasteiger partial charge is 0.492 e. The minimum atomic E-state index is -0.834. The van der Waals surface area contributed by atoms with Crippen LogP contribution in [-0.2, 0) is 0 Å². The maximum atomic E-state index is 13.9. The number of aromatic nitrogens is 1. The van der Waals surface area contributed by atoms with E-state index in [1.807, 2.05) is 0 Å². The summed E-state index contributed by atoms with van der Waals surface area (Å²) in [6.07, 6.45) is 1.44. The number of hydrogen-bond acceptors (Lipinski definition) is 4. The lowest BCUT2D eigenvalue weighted by Crippen LogP contribution is -2.11. The molecule has 1 aromatic heterocycles. The van der Waals surface area contributed by atoms with Gasteiger partial charge in [0.2, 0.25) is 5.82 Å². The molecule has 4 nitrogen and oxygen atoms in total. The molecule has 2 aromatic rings. The SMILES string of the molecule is COc1c(Cl)ccc(OC(=O)c2ccccn2)c1F. The molecule has 6 heteroatoms. The standard InChI is InChI=1S/C13H9ClFNO3/c1-18-12-8(14)5-6-10(11(12)15)19-13(17)9-4-2-3-7-16-9/h2-7H,1H3. The number of carbonyl (C=O) groups excluding carboxylic acids is 1. The van der Waals surface area contributed by atoms with Crippen LogP contribution in [0.2, 0.25) is 5.02 Å². The summed E-state index contributed by atoms with van der Waals surface area (Å²) >= 11 is 5.74. The molecule has 0 atom stereocenters. The highest BCUT2D eigenvalue weighted by atomic mass is 35.5. The fraction of sp³-hybridized carbons (Fsp3) is 0.0769. The molecule has 19 heavy (non-hydrogen) atoms. The lowest BCUT2D eigenvalue weighted by atomic mass is 10.3. The summed E-state index contributed by atoms with van der Waals surface area (Å²) in [7, 11) is 1.27. The van der Waals surface area contributed by atoms with Crippen LogP contribution in [0.15, 0.2) is 36.5 Å². The van der Waals surface area contributed by atoms with Crippen molar-refractivity contribution in [2.75, 3.05) is 7.11 Å². The van der Waals surface area contributed by atoms with E-state index in [0.29, 0.717) is 0 Å². The maximum absolute atomic E-state index is 13.9. The highest BCUT2D eigenvalue weighted by Crippen LogP contribution is 2.33. The van der Waals surface area contributed by atoms with E-state index >= 15 is 0 Å². The van der Waals surface area contributed by atoms with E-state index in [0.717, 1.165) is 0 Å². The summed E-state index contributed by atoms with van der Waals surface area (Å²) in [5.74, 6) is -2.03. The smallest absolute Gasteiger partial charge is 0.362 e. The Kier molecular flexibility index (Phi) is 3.97. The van der Waals surface area contributed by atoms with Gasteiger partial charge in [-0.3, -0.25) is 0 Å². The van der Waals surface area contributed by atoms with Crippen LogP contribution in [-0.4, -0.2) is 18.1 Å². The molecule has 0 amide bonds. The minimum Gasteiger partial charge on any atom is -0.492 e. The number of ether oxygens (including phenoxy) is 2. The number of benzene rings is 1. The first-order valence-corrected chi connectivity index (χ1v) is 5.66. The Morgan fingerprint density at radius 1 is 1.32 bits per heavy atom. The monoisotopic (exact) mass is 281 g/mol. The fourth-order valence-electron chi connectivity index (χ4n) is 1.42. The molecule has 0 unspecified atom stereocenters. The molecule has 0 saturated heterocycles. The van der Waals surface area contributed by atoms with E-state index in [9.17, 15) is 9.18 Å². The van der Waals surface area contributed by atoms with Crippen molar-refractivity contribution in [2.24, 2.45) is 0 Å². The van der Waals surface area contributed by atoms with Gasteiger partial charge in [-0.05, 0) is 24.3 Å². The van der Waals surface area contributed by atoms with Crippen LogP contribution >= 0.6 is 11.6 Å². The molecular weight excluding hydrogens is 273 g/mol. The van der Waals surface area contributed by atoms with Crippen molar-refractivity contribution in [1.82, 2.24) is 4.98 Å². The fourth-order valence-corrected chi connectivity index (χ4v) is 1.64. The van der Waals surface area contributed by atoms with Crippen molar-refractivity contribution in [3.8, 4) is 11.5 Å². The van der Waals surface area contributed by atoms with Crippen LogP contribution in [0.25, 0.3) is 0 Å². The number of methoxy groups -OCH3 is 1. The average molecular weight is 282 g/mol. The molecule has 0 saturated carbocycles. The third kappa shape index (κ3) is 2.82. The van der Waals surface area contributed by atoms with Crippen molar-refractivity contribution in [3.05, 3.63) is 53.1 Å². The molecule has 0 aliphatic carbocycles. The molecule has 1 aromatic carbocycles. The number of hydrogen-bond donors (Lipinski definition) is 0. The van der Waals surface area contributed by atoms with Gasteiger partial charge in [-0.2, -0.15) is 4.39 Å². The van der Waals surface area contributed by atoms with Gasteiger partial charge in [0, 0.05) is 6.20 Å². The highest BCUT2D eigenvalue weighted by Gasteiger charge is 2.18. The Labute approximate surface area is 113 Å². The van der Waals surface area contributed by atoms with Crippen molar-refractivity contribution in [2.45, 2.75) is 0 Å². The summed E-state index contributed by atoms with van der Waals surface area (Å²) in [6.45, 7) is 0. The van der Waals surface area contributed by atoms with Gasteiger partial charge in [-0.25, -0.2) is 9.78 Å². The molecular formula is C13H9ClFNO3. The van der Waals surface area contributed by atoms with Gasteiger partial charge < -0.3 is 9.47 Å². The summed E-state index contributed by atoms with van der Waals surface area (Å²) in [5, 5.41) is 0.0950. The van der Waals surface area contributed by atoms with Crippen molar-refractivity contribution >= 4 is 17.6 Å². The van der Waals surface area contributed by atoms with E-state index in [-0.39, 0.29) is 22.2 Å². The van der Waals surface area contributed by atoms with Gasteiger partial charge in [0.15, 0.2) is 11.5 Å². The van der Waals surface area contributed by atoms with Gasteiger partial charge in [0.05, 0.1) is 12.1 Å². The van der Waals surface area contributed by atoms with Gasteiger partial charge in [0.25, 0.3) is 0 Å². The van der Waals surface area contributed by atoms with E-state index in [4.69, 9.17) is 21.1 Å². The first-order chi connectivity index (χ1) is 9.13. The molecule has 2 rings (SSSR count). The second-order valence-corrected chi connectivity index (χ2v) is 3.90. The Bertz CT molecular complexity index is 604. The Hall–Kier alpha value is -2.14. The predicted molar refractivity (Wildman–Crippen MR) is 67.2 cm³/mol. The highest BCUT2D eigenvalue weighted by molar-refractivity contribution is 6.32. The molecule has 0 radical (unpaired) electrons. The van der Waals surface area contributed by atoms with Crippen LogP contribution < -0.4 is 9.47 Å². The zero-order valence-corrected chi connectivity index (χ0v) is 10.6. The van der Waals surface area contributed by atoms with Crippen molar-refractivity contribution in [3.63, 3.8) is 0 Å². The number of rotatable bonds is 3. The summed E-state index contributed by atoms with van der Waals surface area (Å²) in [5.41, 5.74) is 0.0795. The summed E-state index contributed by atoms with van der Waals surface area (Å²) in [6, 6.07) is 7.38. The second kappa shape index (κ2) is 5.67. The summed E-state index contributed by atoms with van der Waals surface area (Å²) in [4.78, 5) is 15.5. The lowest BCUT2D eigenvalue weighted by molar-refractivity contribution is 0.0721. The number of esters is 1. The van der Waals surface area contributed by atoms with Crippen LogP contribution in [0, 0.1) is 5.82 Å². The maximum Gasteiger partial charge on any atom is 0.362 e. The van der Waals surface area contributed by atoms with E-state index in [1.165, 1.54) is 31.5 Å². The average Bonchev–Trinajstić information content (AvgIpc) is 2.43. The number of nitrogens with zero attached hydrogens (tertiary/aromatic N) is 1. The number of carbonyl (C=O) groups is 1.